The zero-order chi connectivity index (χ0) is 31.6. The van der Waals surface area contributed by atoms with Gasteiger partial charge in [-0.15, -0.1) is 13.2 Å². The lowest BCUT2D eigenvalue weighted by atomic mass is 9.70. The van der Waals surface area contributed by atoms with E-state index in [1.54, 1.807) is 17.1 Å². The Labute approximate surface area is 257 Å². The van der Waals surface area contributed by atoms with Gasteiger partial charge in [0.25, 0.3) is 0 Å². The van der Waals surface area contributed by atoms with Gasteiger partial charge >= 0.3 is 5.97 Å². The van der Waals surface area contributed by atoms with Gasteiger partial charge in [0, 0.05) is 12.1 Å². The molecule has 1 aromatic carbocycles. The predicted molar refractivity (Wildman–Crippen MR) is 166 cm³/mol. The second kappa shape index (κ2) is 12.9. The smallest absolute Gasteiger partial charge is 0.312 e. The maximum absolute atomic E-state index is 14.9. The van der Waals surface area contributed by atoms with Crippen LogP contribution in [0.2, 0.25) is 0 Å². The van der Waals surface area contributed by atoms with Gasteiger partial charge in [-0.25, -0.2) is 0 Å². The van der Waals surface area contributed by atoms with Crippen molar-refractivity contribution in [2.24, 2.45) is 17.3 Å². The average molecular weight is 595 g/mol. The Hall–Kier alpha value is -2.97. The Morgan fingerprint density at radius 2 is 1.88 bits per heavy atom. The molecule has 2 amide bonds. The number of aliphatic hydroxyl groups is 1. The highest BCUT2D eigenvalue weighted by Gasteiger charge is 2.76. The molecule has 43 heavy (non-hydrogen) atoms. The normalized spacial score (nSPS) is 27.1. The fraction of sp³-hybridized carbons (Fsp3) is 0.629. The number of aliphatic hydroxyl groups excluding tert-OH is 1. The van der Waals surface area contributed by atoms with Gasteiger partial charge in [-0.3, -0.25) is 14.4 Å². The van der Waals surface area contributed by atoms with Gasteiger partial charge in [-0.1, -0.05) is 63.3 Å². The van der Waals surface area contributed by atoms with Crippen LogP contribution in [0.4, 0.5) is 0 Å². The van der Waals surface area contributed by atoms with Crippen molar-refractivity contribution in [3.05, 3.63) is 61.2 Å². The third-order valence-electron chi connectivity index (χ3n) is 9.23. The first-order valence-electron chi connectivity index (χ1n) is 15.7. The molecule has 0 radical (unpaired) electrons. The zero-order valence-electron chi connectivity index (χ0n) is 26.6. The molecule has 3 fully saturated rings. The van der Waals surface area contributed by atoms with E-state index in [9.17, 15) is 19.5 Å². The summed E-state index contributed by atoms with van der Waals surface area (Å²) >= 11 is 0. The minimum Gasteiger partial charge on any atom is -0.465 e. The Kier molecular flexibility index (Phi) is 9.92. The number of benzene rings is 1. The van der Waals surface area contributed by atoms with Crippen molar-refractivity contribution in [1.82, 2.24) is 9.80 Å². The van der Waals surface area contributed by atoms with Crippen molar-refractivity contribution in [2.45, 2.75) is 102 Å². The van der Waals surface area contributed by atoms with E-state index in [-0.39, 0.29) is 30.4 Å². The number of fused-ring (bicyclic) bond motifs is 1. The lowest BCUT2D eigenvalue weighted by molar-refractivity contribution is -0.158. The van der Waals surface area contributed by atoms with Crippen molar-refractivity contribution >= 4 is 17.8 Å². The number of ether oxygens (including phenoxy) is 2. The molecule has 0 saturated carbocycles. The van der Waals surface area contributed by atoms with Crippen molar-refractivity contribution < 1.29 is 29.0 Å². The quantitative estimate of drug-likeness (QED) is 0.191. The second-order valence-corrected chi connectivity index (χ2v) is 14.2. The summed E-state index contributed by atoms with van der Waals surface area (Å²) < 4.78 is 12.3. The number of amides is 2. The molecule has 3 aliphatic rings. The molecule has 8 nitrogen and oxygen atoms in total. The van der Waals surface area contributed by atoms with Gasteiger partial charge in [0.1, 0.15) is 11.6 Å². The number of allylic oxidation sites excluding steroid dienone is 1. The van der Waals surface area contributed by atoms with E-state index in [1.165, 1.54) is 0 Å². The largest absolute Gasteiger partial charge is 0.465 e. The second-order valence-electron chi connectivity index (χ2n) is 14.2. The van der Waals surface area contributed by atoms with Gasteiger partial charge in [0.2, 0.25) is 11.8 Å². The number of likely N-dealkylation sites (tertiary alicyclic amines) is 1. The molecular formula is C35H50N2O6. The first-order valence-corrected chi connectivity index (χ1v) is 15.7. The number of rotatable bonds is 14. The molecule has 236 valence electrons. The number of hydrogen-bond donors (Lipinski definition) is 1. The average Bonchev–Trinajstić information content (AvgIpc) is 3.59. The molecule has 2 unspecified atom stereocenters. The fourth-order valence-corrected chi connectivity index (χ4v) is 7.97. The van der Waals surface area contributed by atoms with Crippen LogP contribution in [0.15, 0.2) is 55.6 Å². The number of carbonyl (C=O) groups is 3. The van der Waals surface area contributed by atoms with E-state index in [2.05, 4.69) is 33.9 Å². The molecule has 3 saturated heterocycles. The minimum absolute atomic E-state index is 0.0705. The zero-order valence-corrected chi connectivity index (χ0v) is 26.6. The van der Waals surface area contributed by atoms with E-state index in [4.69, 9.17) is 9.47 Å². The summed E-state index contributed by atoms with van der Waals surface area (Å²) in [5.41, 5.74) is -0.875. The first-order chi connectivity index (χ1) is 20.3. The highest BCUT2D eigenvalue weighted by molar-refractivity contribution is 5.98. The van der Waals surface area contributed by atoms with Crippen LogP contribution in [0, 0.1) is 17.3 Å². The highest BCUT2D eigenvalue weighted by atomic mass is 16.6. The predicted octanol–water partition coefficient (Wildman–Crippen LogP) is 4.70. The van der Waals surface area contributed by atoms with Gasteiger partial charge < -0.3 is 24.4 Å². The maximum atomic E-state index is 14.9. The third-order valence-corrected chi connectivity index (χ3v) is 9.23. The molecular weight excluding hydrogens is 544 g/mol. The number of carbonyl (C=O) groups excluding carboxylic acids is 3. The molecule has 8 heteroatoms. The maximum Gasteiger partial charge on any atom is 0.312 e. The number of esters is 1. The summed E-state index contributed by atoms with van der Waals surface area (Å²) in [5, 5.41) is 10.7. The molecule has 4 rings (SSSR count). The number of unbranched alkanes of at least 4 members (excludes halogenated alkanes) is 1. The molecule has 3 aliphatic heterocycles. The van der Waals surface area contributed by atoms with Crippen molar-refractivity contribution in [2.75, 3.05) is 19.8 Å². The molecule has 1 N–H and O–H groups in total. The molecule has 2 bridgehead atoms. The fourth-order valence-electron chi connectivity index (χ4n) is 7.97. The Balaban J connectivity index is 1.77. The van der Waals surface area contributed by atoms with Crippen molar-refractivity contribution in [1.29, 1.82) is 0 Å². The molecule has 1 spiro atoms. The van der Waals surface area contributed by atoms with E-state index < -0.39 is 47.1 Å². The van der Waals surface area contributed by atoms with Gasteiger partial charge in [0.15, 0.2) is 0 Å². The van der Waals surface area contributed by atoms with Crippen LogP contribution >= 0.6 is 0 Å². The molecule has 6 atom stereocenters. The van der Waals surface area contributed by atoms with E-state index in [0.29, 0.717) is 38.6 Å². The Bertz CT molecular complexity index is 1190. The van der Waals surface area contributed by atoms with E-state index in [0.717, 1.165) is 12.0 Å². The minimum atomic E-state index is -1.18. The monoisotopic (exact) mass is 594 g/mol. The molecule has 1 aromatic rings. The number of nitrogens with zero attached hydrogens (tertiary/aromatic N) is 2. The molecule has 0 aliphatic carbocycles. The summed E-state index contributed by atoms with van der Waals surface area (Å²) in [6, 6.07) is 7.96. The first kappa shape index (κ1) is 32.9. The summed E-state index contributed by atoms with van der Waals surface area (Å²) in [6.45, 7) is 18.3. The van der Waals surface area contributed by atoms with E-state index in [1.807, 2.05) is 49.1 Å². The van der Waals surface area contributed by atoms with Crippen LogP contribution in [-0.2, 0) is 30.3 Å². The highest BCUT2D eigenvalue weighted by Crippen LogP contribution is 2.59. The van der Waals surface area contributed by atoms with Crippen LogP contribution in [-0.4, -0.2) is 81.8 Å². The van der Waals surface area contributed by atoms with Gasteiger partial charge in [0.05, 0.1) is 37.2 Å². The lowest BCUT2D eigenvalue weighted by Crippen LogP contribution is -2.62. The Morgan fingerprint density at radius 1 is 1.19 bits per heavy atom. The van der Waals surface area contributed by atoms with Gasteiger partial charge in [-0.05, 0) is 63.4 Å². The van der Waals surface area contributed by atoms with E-state index >= 15 is 0 Å². The summed E-state index contributed by atoms with van der Waals surface area (Å²) in [5.74, 6) is -2.67. The summed E-state index contributed by atoms with van der Waals surface area (Å²) in [4.78, 5) is 46.3. The summed E-state index contributed by atoms with van der Waals surface area (Å²) in [7, 11) is 0. The standard InChI is InChI=1S/C35H50N2O6/c1-8-10-14-20-42-32(41)27-26-17-18-35(43-26)28(27)30(39)37(25(22-38)21-24-15-12-11-13-16-24)29(35)31(40)36(19-9-2)34(6,7)23-33(3,4)5/h8-9,11-13,15-16,25-29,38H,1-2,10,14,17-23H2,3-7H3/t25-,26+,27-,28+,29?,35?/m1/s1. The summed E-state index contributed by atoms with van der Waals surface area (Å²) in [6.07, 6.45) is 6.47. The van der Waals surface area contributed by atoms with Crippen LogP contribution < -0.4 is 0 Å². The third kappa shape index (κ3) is 6.46. The SMILES string of the molecule is C=CCCCOC(=O)[C@@H]1[C@@H]2CCC3(O2)C(C(=O)N(CC=C)C(C)(C)CC(C)(C)C)N([C@@H](CO)Cc2ccccc2)C(=O)[C@H]13. The topological polar surface area (TPSA) is 96.4 Å². The van der Waals surface area contributed by atoms with Crippen LogP contribution in [0.5, 0.6) is 0 Å². The van der Waals surface area contributed by atoms with Crippen molar-refractivity contribution in [3.63, 3.8) is 0 Å². The van der Waals surface area contributed by atoms with Crippen LogP contribution in [0.3, 0.4) is 0 Å². The van der Waals surface area contributed by atoms with Gasteiger partial charge in [-0.2, -0.15) is 0 Å². The Morgan fingerprint density at radius 3 is 2.49 bits per heavy atom. The van der Waals surface area contributed by atoms with Crippen LogP contribution in [0.25, 0.3) is 0 Å². The molecule has 3 heterocycles. The number of hydrogen-bond acceptors (Lipinski definition) is 6. The van der Waals surface area contributed by atoms with Crippen LogP contribution in [0.1, 0.15) is 72.3 Å². The molecule has 0 aromatic heterocycles. The lowest BCUT2D eigenvalue weighted by Gasteiger charge is -2.46. The van der Waals surface area contributed by atoms with Crippen molar-refractivity contribution in [3.8, 4) is 0 Å².